The van der Waals surface area contributed by atoms with Crippen molar-refractivity contribution >= 4 is 23.4 Å². The third-order valence-electron chi connectivity index (χ3n) is 4.32. The lowest BCUT2D eigenvalue weighted by molar-refractivity contribution is -0.885. The third-order valence-corrected chi connectivity index (χ3v) is 5.06. The second kappa shape index (κ2) is 9.07. The van der Waals surface area contributed by atoms with E-state index in [1.807, 2.05) is 13.0 Å². The number of aryl methyl sites for hydroxylation is 1. The first-order valence-electron chi connectivity index (χ1n) is 8.74. The number of rotatable bonds is 7. The largest absolute Gasteiger partial charge is 0.326 e. The van der Waals surface area contributed by atoms with Crippen molar-refractivity contribution in [3.63, 3.8) is 0 Å². The summed E-state index contributed by atoms with van der Waals surface area (Å²) >= 11 is 1.74. The molecule has 0 fully saturated rings. The Morgan fingerprint density at radius 1 is 1.16 bits per heavy atom. The van der Waals surface area contributed by atoms with Crippen molar-refractivity contribution in [1.29, 1.82) is 0 Å². The number of hydrogen-bond donors (Lipinski definition) is 2. The Morgan fingerprint density at radius 3 is 2.44 bits per heavy atom. The van der Waals surface area contributed by atoms with Crippen molar-refractivity contribution in [1.82, 2.24) is 0 Å². The highest BCUT2D eigenvalue weighted by Gasteiger charge is 2.15. The van der Waals surface area contributed by atoms with Gasteiger partial charge >= 0.3 is 0 Å². The van der Waals surface area contributed by atoms with Gasteiger partial charge in [-0.25, -0.2) is 0 Å². The van der Waals surface area contributed by atoms with Crippen LogP contribution < -0.4 is 10.2 Å². The van der Waals surface area contributed by atoms with Crippen LogP contribution in [0.4, 0.5) is 5.69 Å². The Kier molecular flexibility index (Phi) is 7.09. The number of carbonyl (C=O) groups is 1. The van der Waals surface area contributed by atoms with Gasteiger partial charge in [-0.1, -0.05) is 44.2 Å². The molecule has 1 atom stereocenters. The van der Waals surface area contributed by atoms with Crippen molar-refractivity contribution in [2.75, 3.05) is 25.2 Å². The highest BCUT2D eigenvalue weighted by Crippen LogP contribution is 2.27. The molecule has 2 aromatic rings. The summed E-state index contributed by atoms with van der Waals surface area (Å²) in [5.74, 6) is 0.449. The monoisotopic (exact) mass is 357 g/mol. The molecule has 0 radical (unpaired) electrons. The number of likely N-dealkylation sites (N-methyl/N-ethyl adjacent to an activating group) is 1. The SMILES string of the molecule is CSc1ccc(C[NH+](C)CC(=O)Nc2c(C)cccc2C(C)C)cc1. The van der Waals surface area contributed by atoms with Crippen molar-refractivity contribution in [3.05, 3.63) is 59.2 Å². The number of para-hydroxylation sites is 1. The first-order valence-corrected chi connectivity index (χ1v) is 9.96. The van der Waals surface area contributed by atoms with Crippen molar-refractivity contribution in [2.45, 2.75) is 38.1 Å². The molecule has 1 unspecified atom stereocenters. The number of carbonyl (C=O) groups excluding carboxylic acids is 1. The van der Waals surface area contributed by atoms with Crippen LogP contribution in [0.3, 0.4) is 0 Å². The van der Waals surface area contributed by atoms with Gasteiger partial charge in [0.2, 0.25) is 0 Å². The molecule has 2 N–H and O–H groups in total. The Balaban J connectivity index is 1.97. The summed E-state index contributed by atoms with van der Waals surface area (Å²) in [6.07, 6.45) is 2.08. The summed E-state index contributed by atoms with van der Waals surface area (Å²) in [4.78, 5) is 14.9. The van der Waals surface area contributed by atoms with E-state index in [0.717, 1.165) is 17.8 Å². The predicted octanol–water partition coefficient (Wildman–Crippen LogP) is 3.49. The van der Waals surface area contributed by atoms with Crippen molar-refractivity contribution < 1.29 is 9.69 Å². The lowest BCUT2D eigenvalue weighted by Gasteiger charge is -2.18. The molecule has 0 aliphatic heterocycles. The lowest BCUT2D eigenvalue weighted by atomic mass is 9.98. The summed E-state index contributed by atoms with van der Waals surface area (Å²) in [7, 11) is 2.06. The van der Waals surface area contributed by atoms with E-state index in [9.17, 15) is 4.79 Å². The maximum absolute atomic E-state index is 12.5. The van der Waals surface area contributed by atoms with Gasteiger partial charge in [0.1, 0.15) is 6.54 Å². The summed E-state index contributed by atoms with van der Waals surface area (Å²) in [6, 6.07) is 14.8. The lowest BCUT2D eigenvalue weighted by Crippen LogP contribution is -3.08. The number of thioether (sulfide) groups is 1. The van der Waals surface area contributed by atoms with Gasteiger partial charge in [0, 0.05) is 16.1 Å². The third kappa shape index (κ3) is 5.62. The Morgan fingerprint density at radius 2 is 1.84 bits per heavy atom. The van der Waals surface area contributed by atoms with Crippen LogP contribution in [-0.2, 0) is 11.3 Å². The van der Waals surface area contributed by atoms with Gasteiger partial charge in [-0.3, -0.25) is 4.79 Å². The van der Waals surface area contributed by atoms with E-state index < -0.39 is 0 Å². The highest BCUT2D eigenvalue weighted by molar-refractivity contribution is 7.98. The molecule has 3 nitrogen and oxygen atoms in total. The molecule has 0 spiro atoms. The summed E-state index contributed by atoms with van der Waals surface area (Å²) in [5.41, 5.74) is 4.53. The Hall–Kier alpha value is -1.78. The molecule has 0 saturated heterocycles. The van der Waals surface area contributed by atoms with Crippen LogP contribution in [0, 0.1) is 6.92 Å². The van der Waals surface area contributed by atoms with Crippen LogP contribution in [0.2, 0.25) is 0 Å². The fraction of sp³-hybridized carbons (Fsp3) is 0.381. The molecule has 25 heavy (non-hydrogen) atoms. The number of quaternary nitrogens is 1. The van der Waals surface area contributed by atoms with Crippen LogP contribution in [0.1, 0.15) is 36.5 Å². The molecule has 0 aromatic heterocycles. The zero-order valence-corrected chi connectivity index (χ0v) is 16.7. The fourth-order valence-corrected chi connectivity index (χ4v) is 3.36. The topological polar surface area (TPSA) is 33.5 Å². The van der Waals surface area contributed by atoms with E-state index in [1.54, 1.807) is 11.8 Å². The second-order valence-electron chi connectivity index (χ2n) is 6.90. The molecule has 134 valence electrons. The van der Waals surface area contributed by atoms with Gasteiger partial charge in [-0.2, -0.15) is 0 Å². The van der Waals surface area contributed by atoms with Crippen LogP contribution in [0.15, 0.2) is 47.4 Å². The number of anilines is 1. The van der Waals surface area contributed by atoms with Crippen molar-refractivity contribution in [2.24, 2.45) is 0 Å². The van der Waals surface area contributed by atoms with Gasteiger partial charge in [0.15, 0.2) is 6.54 Å². The molecular weight excluding hydrogens is 328 g/mol. The van der Waals surface area contributed by atoms with E-state index >= 15 is 0 Å². The quantitative estimate of drug-likeness (QED) is 0.744. The van der Waals surface area contributed by atoms with E-state index in [-0.39, 0.29) is 5.91 Å². The molecule has 2 aromatic carbocycles. The van der Waals surface area contributed by atoms with Gasteiger partial charge in [0.25, 0.3) is 5.91 Å². The second-order valence-corrected chi connectivity index (χ2v) is 7.78. The number of nitrogens with one attached hydrogen (secondary N) is 2. The summed E-state index contributed by atoms with van der Waals surface area (Å²) < 4.78 is 0. The minimum Gasteiger partial charge on any atom is -0.326 e. The molecular formula is C21H29N2OS+. The number of benzene rings is 2. The zero-order chi connectivity index (χ0) is 18.4. The summed E-state index contributed by atoms with van der Waals surface area (Å²) in [6.45, 7) is 7.65. The molecule has 2 rings (SSSR count). The average Bonchev–Trinajstić information content (AvgIpc) is 2.57. The zero-order valence-electron chi connectivity index (χ0n) is 15.8. The molecule has 0 aliphatic carbocycles. The summed E-state index contributed by atoms with van der Waals surface area (Å²) in [5, 5.41) is 3.13. The van der Waals surface area contributed by atoms with E-state index in [0.29, 0.717) is 12.5 Å². The van der Waals surface area contributed by atoms with Crippen LogP contribution in [-0.4, -0.2) is 25.8 Å². The van der Waals surface area contributed by atoms with Gasteiger partial charge < -0.3 is 10.2 Å². The van der Waals surface area contributed by atoms with Crippen molar-refractivity contribution in [3.8, 4) is 0 Å². The standard InChI is InChI=1S/C21H28N2OS/c1-15(2)19-8-6-7-16(3)21(19)22-20(24)14-23(4)13-17-9-11-18(25-5)12-10-17/h6-12,15H,13-14H2,1-5H3,(H,22,24)/p+1. The first-order chi connectivity index (χ1) is 11.9. The highest BCUT2D eigenvalue weighted by atomic mass is 32.2. The van der Waals surface area contributed by atoms with Crippen LogP contribution in [0.5, 0.6) is 0 Å². The molecule has 1 amide bonds. The maximum atomic E-state index is 12.5. The van der Waals surface area contributed by atoms with Gasteiger partial charge in [0.05, 0.1) is 7.05 Å². The number of amides is 1. The Bertz CT molecular complexity index is 710. The molecule has 4 heteroatoms. The first kappa shape index (κ1) is 19.5. The molecule has 0 aliphatic rings. The fourth-order valence-electron chi connectivity index (χ4n) is 2.95. The smallest absolute Gasteiger partial charge is 0.279 e. The minimum atomic E-state index is 0.0643. The van der Waals surface area contributed by atoms with Crippen LogP contribution in [0.25, 0.3) is 0 Å². The molecule has 0 bridgehead atoms. The van der Waals surface area contributed by atoms with Crippen LogP contribution >= 0.6 is 11.8 Å². The molecule has 0 heterocycles. The van der Waals surface area contributed by atoms with Gasteiger partial charge in [-0.05, 0) is 42.4 Å². The number of hydrogen-bond acceptors (Lipinski definition) is 2. The minimum absolute atomic E-state index is 0.0643. The van der Waals surface area contributed by atoms with Gasteiger partial charge in [-0.15, -0.1) is 11.8 Å². The molecule has 0 saturated carbocycles. The van der Waals surface area contributed by atoms with E-state index in [1.165, 1.54) is 20.9 Å². The van der Waals surface area contributed by atoms with E-state index in [4.69, 9.17) is 0 Å². The normalized spacial score (nSPS) is 12.2. The maximum Gasteiger partial charge on any atom is 0.279 e. The van der Waals surface area contributed by atoms with E-state index in [2.05, 4.69) is 68.9 Å². The average molecular weight is 358 g/mol. The predicted molar refractivity (Wildman–Crippen MR) is 108 cm³/mol. The Labute approximate surface area is 155 Å².